The summed E-state index contributed by atoms with van der Waals surface area (Å²) in [6, 6.07) is 9.55. The summed E-state index contributed by atoms with van der Waals surface area (Å²) in [6.07, 6.45) is 2.57. The molecule has 1 aliphatic heterocycles. The highest BCUT2D eigenvalue weighted by Gasteiger charge is 2.24. The highest BCUT2D eigenvalue weighted by atomic mass is 35.5. The fraction of sp³-hybridized carbons (Fsp3) is 0.533. The van der Waals surface area contributed by atoms with Crippen molar-refractivity contribution in [2.45, 2.75) is 31.4 Å². The Morgan fingerprint density at radius 2 is 2.15 bits per heavy atom. The van der Waals surface area contributed by atoms with Gasteiger partial charge >= 0.3 is 0 Å². The maximum Gasteiger partial charge on any atom is 0.224 e. The van der Waals surface area contributed by atoms with Gasteiger partial charge in [-0.1, -0.05) is 30.3 Å². The Morgan fingerprint density at radius 3 is 2.80 bits per heavy atom. The minimum Gasteiger partial charge on any atom is -0.380 e. The van der Waals surface area contributed by atoms with E-state index < -0.39 is 0 Å². The number of methoxy groups -OCH3 is 1. The van der Waals surface area contributed by atoms with Crippen LogP contribution in [0.4, 0.5) is 0 Å². The Kier molecular flexibility index (Phi) is 6.99. The van der Waals surface area contributed by atoms with Gasteiger partial charge in [-0.25, -0.2) is 0 Å². The summed E-state index contributed by atoms with van der Waals surface area (Å²) >= 11 is 0. The maximum atomic E-state index is 12.2. The number of rotatable bonds is 4. The van der Waals surface area contributed by atoms with E-state index in [4.69, 9.17) is 10.5 Å². The molecule has 0 bridgehead atoms. The summed E-state index contributed by atoms with van der Waals surface area (Å²) in [6.45, 7) is 1.51. The Bertz CT molecular complexity index is 414. The van der Waals surface area contributed by atoms with E-state index in [1.807, 2.05) is 35.2 Å². The molecule has 1 saturated heterocycles. The number of likely N-dealkylation sites (tertiary alicyclic amines) is 1. The van der Waals surface area contributed by atoms with Crippen LogP contribution in [-0.4, -0.2) is 37.1 Å². The number of halogens is 1. The second-order valence-electron chi connectivity index (χ2n) is 5.06. The maximum absolute atomic E-state index is 12.2. The van der Waals surface area contributed by atoms with Crippen molar-refractivity contribution in [3.63, 3.8) is 0 Å². The summed E-state index contributed by atoms with van der Waals surface area (Å²) in [7, 11) is 1.70. The van der Waals surface area contributed by atoms with Gasteiger partial charge in [-0.2, -0.15) is 0 Å². The number of carbonyl (C=O) groups is 1. The number of nitrogens with two attached hydrogens (primary N) is 1. The molecule has 2 unspecified atom stereocenters. The first-order valence-electron chi connectivity index (χ1n) is 6.82. The van der Waals surface area contributed by atoms with Gasteiger partial charge in [-0.15, -0.1) is 12.4 Å². The first kappa shape index (κ1) is 17.0. The Balaban J connectivity index is 0.00000200. The molecule has 0 saturated carbocycles. The smallest absolute Gasteiger partial charge is 0.224 e. The van der Waals surface area contributed by atoms with Crippen LogP contribution in [0.2, 0.25) is 0 Å². The average Bonchev–Trinajstić information content (AvgIpc) is 2.48. The molecule has 4 nitrogen and oxygen atoms in total. The first-order valence-corrected chi connectivity index (χ1v) is 6.82. The average molecular weight is 299 g/mol. The second-order valence-corrected chi connectivity index (χ2v) is 5.06. The van der Waals surface area contributed by atoms with Gasteiger partial charge in [0.1, 0.15) is 0 Å². The SMILES string of the molecule is COC1CCCN(C(=O)CC(N)c2ccccc2)C1.Cl. The van der Waals surface area contributed by atoms with Gasteiger partial charge in [0.2, 0.25) is 5.91 Å². The lowest BCUT2D eigenvalue weighted by Gasteiger charge is -2.32. The molecule has 1 aromatic carbocycles. The van der Waals surface area contributed by atoms with E-state index in [0.717, 1.165) is 24.9 Å². The molecule has 0 aliphatic carbocycles. The molecule has 1 aromatic rings. The van der Waals surface area contributed by atoms with E-state index in [1.54, 1.807) is 7.11 Å². The third kappa shape index (κ3) is 4.47. The van der Waals surface area contributed by atoms with Crippen molar-refractivity contribution < 1.29 is 9.53 Å². The second kappa shape index (κ2) is 8.25. The van der Waals surface area contributed by atoms with Crippen molar-refractivity contribution in [3.05, 3.63) is 35.9 Å². The normalized spacial score (nSPS) is 20.1. The first-order chi connectivity index (χ1) is 9.20. The van der Waals surface area contributed by atoms with Crippen molar-refractivity contribution in [2.75, 3.05) is 20.2 Å². The van der Waals surface area contributed by atoms with Crippen LogP contribution in [-0.2, 0) is 9.53 Å². The van der Waals surface area contributed by atoms with Crippen molar-refractivity contribution in [3.8, 4) is 0 Å². The molecule has 1 fully saturated rings. The molecule has 2 N–H and O–H groups in total. The largest absolute Gasteiger partial charge is 0.380 e. The lowest BCUT2D eigenvalue weighted by atomic mass is 10.0. The van der Waals surface area contributed by atoms with E-state index in [2.05, 4.69) is 0 Å². The molecular weight excluding hydrogens is 276 g/mol. The highest BCUT2D eigenvalue weighted by Crippen LogP contribution is 2.18. The number of ether oxygens (including phenoxy) is 1. The molecule has 0 aromatic heterocycles. The predicted molar refractivity (Wildman–Crippen MR) is 81.8 cm³/mol. The van der Waals surface area contributed by atoms with Crippen LogP contribution >= 0.6 is 12.4 Å². The Labute approximate surface area is 126 Å². The zero-order valence-electron chi connectivity index (χ0n) is 11.8. The molecule has 20 heavy (non-hydrogen) atoms. The van der Waals surface area contributed by atoms with Crippen molar-refractivity contribution in [2.24, 2.45) is 5.73 Å². The van der Waals surface area contributed by atoms with E-state index in [1.165, 1.54) is 0 Å². The van der Waals surface area contributed by atoms with Gasteiger partial charge in [0, 0.05) is 32.7 Å². The van der Waals surface area contributed by atoms with Gasteiger partial charge in [-0.3, -0.25) is 4.79 Å². The lowest BCUT2D eigenvalue weighted by molar-refractivity contribution is -0.135. The van der Waals surface area contributed by atoms with Gasteiger partial charge in [0.15, 0.2) is 0 Å². The number of amides is 1. The zero-order valence-corrected chi connectivity index (χ0v) is 12.6. The molecule has 0 spiro atoms. The predicted octanol–water partition coefficient (Wildman–Crippen LogP) is 2.14. The van der Waals surface area contributed by atoms with E-state index in [9.17, 15) is 4.79 Å². The molecular formula is C15H23ClN2O2. The fourth-order valence-corrected chi connectivity index (χ4v) is 2.49. The van der Waals surface area contributed by atoms with Crippen molar-refractivity contribution in [1.82, 2.24) is 4.90 Å². The minimum atomic E-state index is -0.225. The number of hydrogen-bond donors (Lipinski definition) is 1. The van der Waals surface area contributed by atoms with Crippen LogP contribution in [0.3, 0.4) is 0 Å². The molecule has 1 heterocycles. The van der Waals surface area contributed by atoms with E-state index in [0.29, 0.717) is 13.0 Å². The third-order valence-electron chi connectivity index (χ3n) is 3.69. The van der Waals surface area contributed by atoms with E-state index >= 15 is 0 Å². The summed E-state index contributed by atoms with van der Waals surface area (Å²) in [5.74, 6) is 0.123. The Morgan fingerprint density at radius 1 is 1.45 bits per heavy atom. The number of nitrogens with zero attached hydrogens (tertiary/aromatic N) is 1. The van der Waals surface area contributed by atoms with Crippen molar-refractivity contribution >= 4 is 18.3 Å². The summed E-state index contributed by atoms with van der Waals surface area (Å²) in [5.41, 5.74) is 7.10. The van der Waals surface area contributed by atoms with Gasteiger partial charge in [0.05, 0.1) is 6.10 Å². The van der Waals surface area contributed by atoms with Crippen LogP contribution < -0.4 is 5.73 Å². The van der Waals surface area contributed by atoms with Crippen LogP contribution in [0.25, 0.3) is 0 Å². The quantitative estimate of drug-likeness (QED) is 0.926. The summed E-state index contributed by atoms with van der Waals surface area (Å²) in [5, 5.41) is 0. The summed E-state index contributed by atoms with van der Waals surface area (Å²) < 4.78 is 5.34. The third-order valence-corrected chi connectivity index (χ3v) is 3.69. The lowest BCUT2D eigenvalue weighted by Crippen LogP contribution is -2.43. The van der Waals surface area contributed by atoms with Gasteiger partial charge in [-0.05, 0) is 18.4 Å². The number of hydrogen-bond acceptors (Lipinski definition) is 3. The zero-order chi connectivity index (χ0) is 13.7. The standard InChI is InChI=1S/C15H22N2O2.ClH/c1-19-13-8-5-9-17(11-13)15(18)10-14(16)12-6-3-2-4-7-12;/h2-4,6-7,13-14H,5,8-11,16H2,1H3;1H. The van der Waals surface area contributed by atoms with Crippen LogP contribution in [0, 0.1) is 0 Å². The molecule has 2 rings (SSSR count). The van der Waals surface area contributed by atoms with Crippen LogP contribution in [0.5, 0.6) is 0 Å². The monoisotopic (exact) mass is 298 g/mol. The van der Waals surface area contributed by atoms with Gasteiger partial charge < -0.3 is 15.4 Å². The van der Waals surface area contributed by atoms with Crippen LogP contribution in [0.1, 0.15) is 30.9 Å². The number of piperidine rings is 1. The van der Waals surface area contributed by atoms with Crippen LogP contribution in [0.15, 0.2) is 30.3 Å². The number of carbonyl (C=O) groups excluding carboxylic acids is 1. The Hall–Kier alpha value is -1.10. The van der Waals surface area contributed by atoms with E-state index in [-0.39, 0.29) is 30.5 Å². The molecule has 5 heteroatoms. The molecule has 1 amide bonds. The molecule has 1 aliphatic rings. The topological polar surface area (TPSA) is 55.6 Å². The van der Waals surface area contributed by atoms with Gasteiger partial charge in [0.25, 0.3) is 0 Å². The molecule has 112 valence electrons. The van der Waals surface area contributed by atoms with Crippen molar-refractivity contribution in [1.29, 1.82) is 0 Å². The molecule has 2 atom stereocenters. The summed E-state index contributed by atoms with van der Waals surface area (Å²) in [4.78, 5) is 14.1. The number of benzene rings is 1. The fourth-order valence-electron chi connectivity index (χ4n) is 2.49. The highest BCUT2D eigenvalue weighted by molar-refractivity contribution is 5.85. The minimum absolute atomic E-state index is 0. The molecule has 0 radical (unpaired) electrons.